The van der Waals surface area contributed by atoms with Crippen molar-refractivity contribution in [2.75, 3.05) is 5.43 Å². The van der Waals surface area contributed by atoms with Crippen molar-refractivity contribution in [2.45, 2.75) is 13.3 Å². The fourth-order valence-corrected chi connectivity index (χ4v) is 1.86. The zero-order valence-electron chi connectivity index (χ0n) is 9.92. The van der Waals surface area contributed by atoms with Crippen molar-refractivity contribution in [2.24, 2.45) is 5.84 Å². The van der Waals surface area contributed by atoms with Gasteiger partial charge >= 0.3 is 0 Å². The van der Waals surface area contributed by atoms with Crippen LogP contribution in [0.2, 0.25) is 0 Å². The maximum Gasteiger partial charge on any atom is 0.158 e. The number of fused-ring (bicyclic) bond motifs is 1. The molecule has 3 heterocycles. The molecule has 0 unspecified atom stereocenters. The van der Waals surface area contributed by atoms with Crippen molar-refractivity contribution in [1.82, 2.24) is 14.6 Å². The molecule has 0 fully saturated rings. The number of nitrogens with zero attached hydrogens (tertiary/aromatic N) is 3. The number of nitrogen functional groups attached to an aromatic ring is 1. The van der Waals surface area contributed by atoms with Crippen molar-refractivity contribution in [3.05, 3.63) is 36.2 Å². The van der Waals surface area contributed by atoms with Crippen LogP contribution < -0.4 is 11.3 Å². The molecule has 3 aromatic heterocycles. The average Bonchev–Trinajstić information content (AvgIpc) is 3.05. The number of anilines is 1. The fourth-order valence-electron chi connectivity index (χ4n) is 1.86. The van der Waals surface area contributed by atoms with Gasteiger partial charge in [0.05, 0.1) is 6.26 Å². The van der Waals surface area contributed by atoms with E-state index in [2.05, 4.69) is 15.5 Å². The lowest BCUT2D eigenvalue weighted by Gasteiger charge is -2.04. The van der Waals surface area contributed by atoms with E-state index in [1.807, 2.05) is 31.2 Å². The van der Waals surface area contributed by atoms with E-state index in [1.54, 1.807) is 10.8 Å². The molecule has 3 aromatic rings. The summed E-state index contributed by atoms with van der Waals surface area (Å²) in [6.45, 7) is 2.04. The Labute approximate surface area is 103 Å². The van der Waals surface area contributed by atoms with Crippen molar-refractivity contribution in [3.63, 3.8) is 0 Å². The molecule has 3 N–H and O–H groups in total. The van der Waals surface area contributed by atoms with Crippen molar-refractivity contribution in [1.29, 1.82) is 0 Å². The third-order valence-corrected chi connectivity index (χ3v) is 2.76. The van der Waals surface area contributed by atoms with Crippen LogP contribution in [0.15, 0.2) is 34.9 Å². The molecule has 6 heteroatoms. The minimum atomic E-state index is 0.703. The Kier molecular flexibility index (Phi) is 2.49. The topological polar surface area (TPSA) is 81.4 Å². The number of hydrogen-bond donors (Lipinski definition) is 2. The number of furan rings is 1. The number of hydrogen-bond acceptors (Lipinski definition) is 5. The fraction of sp³-hybridized carbons (Fsp3) is 0.167. The van der Waals surface area contributed by atoms with Gasteiger partial charge < -0.3 is 9.84 Å². The molecule has 0 aliphatic heterocycles. The zero-order valence-corrected chi connectivity index (χ0v) is 9.92. The molecular formula is C12H13N5O. The van der Waals surface area contributed by atoms with Gasteiger partial charge in [0, 0.05) is 17.8 Å². The molecule has 0 aliphatic carbocycles. The van der Waals surface area contributed by atoms with E-state index < -0.39 is 0 Å². The van der Waals surface area contributed by atoms with Crippen molar-refractivity contribution in [3.8, 4) is 11.5 Å². The molecule has 92 valence electrons. The predicted octanol–water partition coefficient (Wildman–Crippen LogP) is 1.84. The van der Waals surface area contributed by atoms with Gasteiger partial charge in [0.1, 0.15) is 11.5 Å². The summed E-state index contributed by atoms with van der Waals surface area (Å²) in [6.07, 6.45) is 2.46. The lowest BCUT2D eigenvalue weighted by atomic mass is 10.3. The van der Waals surface area contributed by atoms with E-state index in [1.165, 1.54) is 0 Å². The van der Waals surface area contributed by atoms with Crippen LogP contribution in [0.3, 0.4) is 0 Å². The molecule has 0 amide bonds. The second kappa shape index (κ2) is 4.15. The lowest BCUT2D eigenvalue weighted by Crippen LogP contribution is -2.12. The van der Waals surface area contributed by atoms with E-state index in [0.717, 1.165) is 23.5 Å². The average molecular weight is 243 g/mol. The van der Waals surface area contributed by atoms with Crippen LogP contribution in [-0.4, -0.2) is 14.6 Å². The molecule has 0 spiro atoms. The van der Waals surface area contributed by atoms with Crippen LogP contribution in [-0.2, 0) is 6.42 Å². The highest BCUT2D eigenvalue weighted by Crippen LogP contribution is 2.21. The molecular weight excluding hydrogens is 230 g/mol. The Hall–Kier alpha value is -2.34. The molecule has 0 saturated carbocycles. The minimum absolute atomic E-state index is 0.703. The first-order valence-electron chi connectivity index (χ1n) is 5.72. The second-order valence-corrected chi connectivity index (χ2v) is 3.91. The number of hydrazine groups is 1. The maximum absolute atomic E-state index is 5.51. The van der Waals surface area contributed by atoms with Gasteiger partial charge in [-0.05, 0) is 18.6 Å². The number of aryl methyl sites for hydroxylation is 1. The van der Waals surface area contributed by atoms with Gasteiger partial charge in [0.25, 0.3) is 0 Å². The summed E-state index contributed by atoms with van der Waals surface area (Å²) in [5.41, 5.74) is 5.07. The number of nitrogens with one attached hydrogen (secondary N) is 1. The summed E-state index contributed by atoms with van der Waals surface area (Å²) in [7, 11) is 0. The Balaban J connectivity index is 2.22. The molecule has 0 bridgehead atoms. The van der Waals surface area contributed by atoms with Gasteiger partial charge in [-0.1, -0.05) is 6.92 Å². The van der Waals surface area contributed by atoms with Gasteiger partial charge in [0.15, 0.2) is 11.4 Å². The molecule has 0 saturated heterocycles. The van der Waals surface area contributed by atoms with E-state index in [0.29, 0.717) is 11.6 Å². The van der Waals surface area contributed by atoms with Gasteiger partial charge in [0.2, 0.25) is 0 Å². The molecule has 0 aliphatic rings. The minimum Gasteiger partial charge on any atom is -0.463 e. The third kappa shape index (κ3) is 1.63. The molecule has 18 heavy (non-hydrogen) atoms. The Morgan fingerprint density at radius 1 is 1.44 bits per heavy atom. The van der Waals surface area contributed by atoms with Gasteiger partial charge in [-0.2, -0.15) is 9.61 Å². The number of aromatic nitrogens is 3. The van der Waals surface area contributed by atoms with Crippen LogP contribution >= 0.6 is 0 Å². The number of nitrogens with two attached hydrogens (primary N) is 1. The third-order valence-electron chi connectivity index (χ3n) is 2.76. The first-order valence-corrected chi connectivity index (χ1v) is 5.72. The molecule has 6 nitrogen and oxygen atoms in total. The molecule has 3 rings (SSSR count). The van der Waals surface area contributed by atoms with E-state index in [9.17, 15) is 0 Å². The summed E-state index contributed by atoms with van der Waals surface area (Å²) in [6, 6.07) is 7.44. The lowest BCUT2D eigenvalue weighted by molar-refractivity contribution is 0.579. The summed E-state index contributed by atoms with van der Waals surface area (Å²) in [5, 5.41) is 4.42. The van der Waals surface area contributed by atoms with Crippen LogP contribution in [0.4, 0.5) is 5.82 Å². The smallest absolute Gasteiger partial charge is 0.158 e. The standard InChI is InChI=1S/C12H13N5O/c1-2-8-6-12(15-13)17-11(14-8)7-9(16-17)10-4-3-5-18-10/h3-7,15H,2,13H2,1H3. The number of rotatable bonds is 3. The zero-order chi connectivity index (χ0) is 12.5. The van der Waals surface area contributed by atoms with Gasteiger partial charge in [-0.15, -0.1) is 0 Å². The Bertz CT molecular complexity index is 671. The highest BCUT2D eigenvalue weighted by molar-refractivity contribution is 5.61. The van der Waals surface area contributed by atoms with E-state index in [-0.39, 0.29) is 0 Å². The SMILES string of the molecule is CCc1cc(NN)n2nc(-c3ccco3)cc2n1. The molecule has 0 aromatic carbocycles. The largest absolute Gasteiger partial charge is 0.463 e. The summed E-state index contributed by atoms with van der Waals surface area (Å²) in [4.78, 5) is 4.50. The van der Waals surface area contributed by atoms with E-state index in [4.69, 9.17) is 10.3 Å². The summed E-state index contributed by atoms with van der Waals surface area (Å²) >= 11 is 0. The molecule has 0 radical (unpaired) electrons. The molecule has 0 atom stereocenters. The van der Waals surface area contributed by atoms with Crippen LogP contribution in [0.5, 0.6) is 0 Å². The van der Waals surface area contributed by atoms with E-state index >= 15 is 0 Å². The first kappa shape index (κ1) is 10.8. The highest BCUT2D eigenvalue weighted by atomic mass is 16.3. The maximum atomic E-state index is 5.51. The van der Waals surface area contributed by atoms with Gasteiger partial charge in [-0.25, -0.2) is 10.8 Å². The monoisotopic (exact) mass is 243 g/mol. The van der Waals surface area contributed by atoms with Crippen LogP contribution in [0.25, 0.3) is 17.1 Å². The quantitative estimate of drug-likeness (QED) is 0.542. The second-order valence-electron chi connectivity index (χ2n) is 3.91. The first-order chi connectivity index (χ1) is 8.81. The predicted molar refractivity (Wildman–Crippen MR) is 67.9 cm³/mol. The normalized spacial score (nSPS) is 11.0. The van der Waals surface area contributed by atoms with Crippen LogP contribution in [0.1, 0.15) is 12.6 Å². The summed E-state index contributed by atoms with van der Waals surface area (Å²) in [5.74, 6) is 6.92. The van der Waals surface area contributed by atoms with Crippen molar-refractivity contribution >= 4 is 11.5 Å². The highest BCUT2D eigenvalue weighted by Gasteiger charge is 2.11. The summed E-state index contributed by atoms with van der Waals surface area (Å²) < 4.78 is 6.99. The van der Waals surface area contributed by atoms with Crippen LogP contribution in [0, 0.1) is 0 Å². The Morgan fingerprint density at radius 2 is 2.33 bits per heavy atom. The van der Waals surface area contributed by atoms with Crippen molar-refractivity contribution < 1.29 is 4.42 Å². The van der Waals surface area contributed by atoms with Gasteiger partial charge in [-0.3, -0.25) is 0 Å². The Morgan fingerprint density at radius 3 is 3.00 bits per heavy atom.